The summed E-state index contributed by atoms with van der Waals surface area (Å²) in [6, 6.07) is 7.62. The van der Waals surface area contributed by atoms with Gasteiger partial charge in [-0.05, 0) is 62.1 Å². The Bertz CT molecular complexity index is 1040. The Hall–Kier alpha value is -3.65. The number of nitro groups is 1. The molecule has 0 spiro atoms. The molecule has 0 saturated carbocycles. The topological polar surface area (TPSA) is 152 Å². The Kier molecular flexibility index (Phi) is 9.38. The Morgan fingerprint density at radius 3 is 2.50 bits per heavy atom. The van der Waals surface area contributed by atoms with E-state index >= 15 is 0 Å². The lowest BCUT2D eigenvalue weighted by molar-refractivity contribution is -0.384. The molecule has 182 valence electrons. The number of ether oxygens (including phenoxy) is 1. The summed E-state index contributed by atoms with van der Waals surface area (Å²) in [6.45, 7) is 7.11. The maximum Gasteiger partial charge on any atom is 0.408 e. The SMILES string of the molecule is CC(C)(C)OC(=O)N[C@@H](Cc1ccsc1)C(N)=O.N#Cc1cc([N+](=O)[O-])ccc1N1CCCC1. The standard InChI is InChI=1S/C12H18N2O3S.C11H11N3O2/c1-12(2,3)17-11(16)14-9(10(13)15)6-8-4-5-18-7-8;12-8-9-7-10(14(15)16)3-4-11(9)13-5-1-2-6-13/h4-5,7,9H,6H2,1-3H3,(H2,13,15)(H,14,16);3-4,7H,1-2,5-6H2/t9-;/m0./s1. The van der Waals surface area contributed by atoms with Crippen LogP contribution in [0.3, 0.4) is 0 Å². The van der Waals surface area contributed by atoms with Crippen LogP contribution in [-0.2, 0) is 16.0 Å². The van der Waals surface area contributed by atoms with Gasteiger partial charge >= 0.3 is 6.09 Å². The zero-order valence-electron chi connectivity index (χ0n) is 19.4. The fourth-order valence-electron chi connectivity index (χ4n) is 3.28. The Labute approximate surface area is 202 Å². The predicted octanol–water partition coefficient (Wildman–Crippen LogP) is 3.74. The number of nitrogens with two attached hydrogens (primary N) is 1. The number of benzene rings is 1. The van der Waals surface area contributed by atoms with Gasteiger partial charge in [0.1, 0.15) is 17.7 Å². The van der Waals surface area contributed by atoms with Crippen molar-refractivity contribution >= 4 is 34.7 Å². The number of carbonyl (C=O) groups excluding carboxylic acids is 2. The average Bonchev–Trinajstić information content (AvgIpc) is 3.46. The number of nitrogens with zero attached hydrogens (tertiary/aromatic N) is 3. The molecule has 11 heteroatoms. The number of rotatable bonds is 6. The summed E-state index contributed by atoms with van der Waals surface area (Å²) in [5.74, 6) is -0.577. The molecule has 3 N–H and O–H groups in total. The van der Waals surface area contributed by atoms with Gasteiger partial charge in [-0.1, -0.05) is 0 Å². The number of nitrogens with one attached hydrogen (secondary N) is 1. The van der Waals surface area contributed by atoms with Crippen molar-refractivity contribution in [2.75, 3.05) is 18.0 Å². The van der Waals surface area contributed by atoms with Crippen LogP contribution in [0.4, 0.5) is 16.2 Å². The minimum Gasteiger partial charge on any atom is -0.444 e. The first kappa shape index (κ1) is 26.6. The van der Waals surface area contributed by atoms with Crippen LogP contribution in [0.1, 0.15) is 44.7 Å². The molecule has 1 aromatic carbocycles. The molecule has 1 aliphatic heterocycles. The van der Waals surface area contributed by atoms with Crippen LogP contribution in [-0.4, -0.2) is 41.7 Å². The minimum atomic E-state index is -0.755. The zero-order chi connectivity index (χ0) is 25.3. The number of hydrogen-bond donors (Lipinski definition) is 2. The summed E-state index contributed by atoms with van der Waals surface area (Å²) in [5.41, 5.74) is 6.78. The summed E-state index contributed by atoms with van der Waals surface area (Å²) in [5, 5.41) is 25.9. The molecule has 2 aromatic rings. The van der Waals surface area contributed by atoms with Crippen molar-refractivity contribution in [3.63, 3.8) is 0 Å². The van der Waals surface area contributed by atoms with E-state index in [1.807, 2.05) is 22.9 Å². The van der Waals surface area contributed by atoms with Gasteiger partial charge in [0, 0.05) is 31.6 Å². The summed E-state index contributed by atoms with van der Waals surface area (Å²) in [7, 11) is 0. The summed E-state index contributed by atoms with van der Waals surface area (Å²) >= 11 is 1.53. The van der Waals surface area contributed by atoms with E-state index in [0.717, 1.165) is 37.2 Å². The molecule has 2 heterocycles. The van der Waals surface area contributed by atoms with Crippen LogP contribution in [0, 0.1) is 21.4 Å². The van der Waals surface area contributed by atoms with Crippen molar-refractivity contribution in [1.82, 2.24) is 5.32 Å². The van der Waals surface area contributed by atoms with Crippen LogP contribution in [0.25, 0.3) is 0 Å². The highest BCUT2D eigenvalue weighted by Gasteiger charge is 2.23. The molecule has 0 unspecified atom stereocenters. The fraction of sp³-hybridized carbons (Fsp3) is 0.435. The summed E-state index contributed by atoms with van der Waals surface area (Å²) in [6.07, 6.45) is 1.96. The molecule has 1 fully saturated rings. The van der Waals surface area contributed by atoms with Crippen LogP contribution in [0.15, 0.2) is 35.0 Å². The lowest BCUT2D eigenvalue weighted by Crippen LogP contribution is -2.47. The monoisotopic (exact) mass is 487 g/mol. The van der Waals surface area contributed by atoms with Crippen LogP contribution < -0.4 is 16.0 Å². The van der Waals surface area contributed by atoms with E-state index in [4.69, 9.17) is 15.7 Å². The highest BCUT2D eigenvalue weighted by Crippen LogP contribution is 2.27. The van der Waals surface area contributed by atoms with Crippen molar-refractivity contribution in [3.05, 3.63) is 56.3 Å². The van der Waals surface area contributed by atoms with Gasteiger partial charge in [0.2, 0.25) is 5.91 Å². The van der Waals surface area contributed by atoms with Gasteiger partial charge in [0.15, 0.2) is 0 Å². The fourth-order valence-corrected chi connectivity index (χ4v) is 3.96. The van der Waals surface area contributed by atoms with Gasteiger partial charge < -0.3 is 20.7 Å². The number of non-ortho nitro benzene ring substituents is 1. The predicted molar refractivity (Wildman–Crippen MR) is 130 cm³/mol. The maximum atomic E-state index is 11.6. The number of anilines is 1. The van der Waals surface area contributed by atoms with Gasteiger partial charge in [-0.15, -0.1) is 0 Å². The second-order valence-electron chi connectivity index (χ2n) is 8.70. The third-order valence-corrected chi connectivity index (χ3v) is 5.54. The second kappa shape index (κ2) is 12.0. The van der Waals surface area contributed by atoms with Crippen molar-refractivity contribution < 1.29 is 19.2 Å². The number of thiophene rings is 1. The Balaban J connectivity index is 0.000000241. The third-order valence-electron chi connectivity index (χ3n) is 4.81. The van der Waals surface area contributed by atoms with Gasteiger partial charge in [-0.3, -0.25) is 14.9 Å². The van der Waals surface area contributed by atoms with Gasteiger partial charge in [-0.2, -0.15) is 16.6 Å². The van der Waals surface area contributed by atoms with Gasteiger partial charge in [0.05, 0.1) is 16.2 Å². The molecule has 1 saturated heterocycles. The molecule has 3 rings (SSSR count). The first-order valence-corrected chi connectivity index (χ1v) is 11.7. The molecule has 0 aliphatic carbocycles. The zero-order valence-corrected chi connectivity index (χ0v) is 20.3. The molecular formula is C23H29N5O5S. The average molecular weight is 488 g/mol. The minimum absolute atomic E-state index is 0.0282. The van der Waals surface area contributed by atoms with Crippen LogP contribution in [0.5, 0.6) is 0 Å². The van der Waals surface area contributed by atoms with Crippen molar-refractivity contribution in [2.24, 2.45) is 5.73 Å². The van der Waals surface area contributed by atoms with E-state index in [2.05, 4.69) is 10.2 Å². The Morgan fingerprint density at radius 2 is 2.00 bits per heavy atom. The number of nitro benzene ring substituents is 1. The molecule has 1 aromatic heterocycles. The number of carbonyl (C=O) groups is 2. The van der Waals surface area contributed by atoms with E-state index in [0.29, 0.717) is 12.0 Å². The quantitative estimate of drug-likeness (QED) is 0.465. The second-order valence-corrected chi connectivity index (χ2v) is 9.48. The summed E-state index contributed by atoms with van der Waals surface area (Å²) < 4.78 is 5.08. The number of primary amides is 1. The van der Waals surface area contributed by atoms with Gasteiger partial charge in [-0.25, -0.2) is 4.79 Å². The smallest absolute Gasteiger partial charge is 0.408 e. The molecule has 0 radical (unpaired) electrons. The maximum absolute atomic E-state index is 11.6. The summed E-state index contributed by atoms with van der Waals surface area (Å²) in [4.78, 5) is 35.1. The van der Waals surface area contributed by atoms with Gasteiger partial charge in [0.25, 0.3) is 5.69 Å². The molecule has 10 nitrogen and oxygen atoms in total. The van der Waals surface area contributed by atoms with Crippen molar-refractivity contribution in [1.29, 1.82) is 5.26 Å². The number of amides is 2. The van der Waals surface area contributed by atoms with Crippen LogP contribution >= 0.6 is 11.3 Å². The number of alkyl carbamates (subject to hydrolysis) is 1. The van der Waals surface area contributed by atoms with E-state index in [1.165, 1.54) is 23.5 Å². The lowest BCUT2D eigenvalue weighted by Gasteiger charge is -2.22. The molecule has 1 aliphatic rings. The molecule has 1 atom stereocenters. The van der Waals surface area contributed by atoms with Crippen LogP contribution in [0.2, 0.25) is 0 Å². The molecule has 2 amide bonds. The van der Waals surface area contributed by atoms with Crippen molar-refractivity contribution in [2.45, 2.75) is 51.7 Å². The van der Waals surface area contributed by atoms with E-state index in [1.54, 1.807) is 26.8 Å². The van der Waals surface area contributed by atoms with E-state index < -0.39 is 28.6 Å². The molecule has 0 bridgehead atoms. The van der Waals surface area contributed by atoms with E-state index in [-0.39, 0.29) is 5.69 Å². The number of nitriles is 1. The molecule has 34 heavy (non-hydrogen) atoms. The lowest BCUT2D eigenvalue weighted by atomic mass is 10.1. The Morgan fingerprint density at radius 1 is 1.32 bits per heavy atom. The first-order valence-electron chi connectivity index (χ1n) is 10.7. The van der Waals surface area contributed by atoms with E-state index in [9.17, 15) is 19.7 Å². The van der Waals surface area contributed by atoms with Crippen molar-refractivity contribution in [3.8, 4) is 6.07 Å². The normalized spacial score (nSPS) is 13.8. The first-order chi connectivity index (χ1) is 16.0. The third kappa shape index (κ3) is 8.37. The highest BCUT2D eigenvalue weighted by atomic mass is 32.1. The largest absolute Gasteiger partial charge is 0.444 e. The molecular weight excluding hydrogens is 458 g/mol. The highest BCUT2D eigenvalue weighted by molar-refractivity contribution is 7.07. The number of hydrogen-bond acceptors (Lipinski definition) is 8.